The molecule has 0 bridgehead atoms. The summed E-state index contributed by atoms with van der Waals surface area (Å²) >= 11 is 0. The van der Waals surface area contributed by atoms with E-state index in [9.17, 15) is 14.4 Å². The molecule has 1 atom stereocenters. The van der Waals surface area contributed by atoms with Gasteiger partial charge in [-0.15, -0.1) is 0 Å². The molecule has 1 N–H and O–H groups in total. The van der Waals surface area contributed by atoms with Crippen molar-refractivity contribution in [1.29, 1.82) is 0 Å². The first-order chi connectivity index (χ1) is 13.9. The van der Waals surface area contributed by atoms with E-state index in [0.29, 0.717) is 24.4 Å². The first-order valence-electron chi connectivity index (χ1n) is 9.46. The van der Waals surface area contributed by atoms with Gasteiger partial charge in [-0.2, -0.15) is 0 Å². The standard InChI is InChI=1S/C22H24N2O5/c1-4-29-18-9-7-17(8-10-18)24-13-16(12-20(24)25)21(26)23-19-11-15(22(27)28-3)6-5-14(19)2/h5-11,16H,4,12-13H2,1-3H3,(H,23,26)/t16-/m1/s1. The maximum atomic E-state index is 12.8. The number of esters is 1. The summed E-state index contributed by atoms with van der Waals surface area (Å²) in [5.74, 6) is -0.571. The highest BCUT2D eigenvalue weighted by Gasteiger charge is 2.35. The number of amides is 2. The van der Waals surface area contributed by atoms with Crippen LogP contribution < -0.4 is 15.0 Å². The van der Waals surface area contributed by atoms with Gasteiger partial charge in [0.2, 0.25) is 11.8 Å². The fourth-order valence-electron chi connectivity index (χ4n) is 3.26. The van der Waals surface area contributed by atoms with Gasteiger partial charge in [0.15, 0.2) is 0 Å². The lowest BCUT2D eigenvalue weighted by atomic mass is 10.1. The average Bonchev–Trinajstić information content (AvgIpc) is 3.11. The van der Waals surface area contributed by atoms with E-state index in [2.05, 4.69) is 5.32 Å². The number of ether oxygens (including phenoxy) is 2. The average molecular weight is 396 g/mol. The second-order valence-electron chi connectivity index (χ2n) is 6.84. The van der Waals surface area contributed by atoms with E-state index < -0.39 is 11.9 Å². The Morgan fingerprint density at radius 1 is 1.17 bits per heavy atom. The number of nitrogens with one attached hydrogen (secondary N) is 1. The predicted octanol–water partition coefficient (Wildman–Crippen LogP) is 3.17. The third-order valence-corrected chi connectivity index (χ3v) is 4.87. The van der Waals surface area contributed by atoms with Gasteiger partial charge in [-0.1, -0.05) is 6.07 Å². The number of carbonyl (C=O) groups is 3. The summed E-state index contributed by atoms with van der Waals surface area (Å²) in [5, 5.41) is 2.84. The molecule has 29 heavy (non-hydrogen) atoms. The van der Waals surface area contributed by atoms with Gasteiger partial charge in [0.1, 0.15) is 5.75 Å². The highest BCUT2D eigenvalue weighted by molar-refractivity contribution is 6.04. The van der Waals surface area contributed by atoms with Crippen molar-refractivity contribution in [3.8, 4) is 5.75 Å². The van der Waals surface area contributed by atoms with Crippen LogP contribution in [0.25, 0.3) is 0 Å². The van der Waals surface area contributed by atoms with Gasteiger partial charge in [-0.3, -0.25) is 9.59 Å². The summed E-state index contributed by atoms with van der Waals surface area (Å²) in [5.41, 5.74) is 2.44. The molecule has 0 spiro atoms. The van der Waals surface area contributed by atoms with Gasteiger partial charge in [0.05, 0.1) is 25.2 Å². The minimum Gasteiger partial charge on any atom is -0.494 e. The molecular formula is C22H24N2O5. The molecule has 3 rings (SSSR count). The molecule has 7 nitrogen and oxygen atoms in total. The van der Waals surface area contributed by atoms with E-state index in [-0.39, 0.29) is 18.2 Å². The van der Waals surface area contributed by atoms with Gasteiger partial charge in [-0.25, -0.2) is 4.79 Å². The zero-order chi connectivity index (χ0) is 21.0. The Morgan fingerprint density at radius 2 is 1.90 bits per heavy atom. The number of hydrogen-bond acceptors (Lipinski definition) is 5. The van der Waals surface area contributed by atoms with Crippen LogP contribution in [0.1, 0.15) is 29.3 Å². The van der Waals surface area contributed by atoms with Crippen LogP contribution in [0, 0.1) is 12.8 Å². The second kappa shape index (κ2) is 8.77. The summed E-state index contributed by atoms with van der Waals surface area (Å²) in [7, 11) is 1.31. The fourth-order valence-corrected chi connectivity index (χ4v) is 3.26. The number of nitrogens with zero attached hydrogens (tertiary/aromatic N) is 1. The van der Waals surface area contributed by atoms with Crippen LogP contribution in [0.4, 0.5) is 11.4 Å². The SMILES string of the molecule is CCOc1ccc(N2C[C@H](C(=O)Nc3cc(C(=O)OC)ccc3C)CC2=O)cc1. The zero-order valence-electron chi connectivity index (χ0n) is 16.7. The van der Waals surface area contributed by atoms with Crippen molar-refractivity contribution in [3.05, 3.63) is 53.6 Å². The Morgan fingerprint density at radius 3 is 2.55 bits per heavy atom. The molecule has 2 amide bonds. The number of carbonyl (C=O) groups excluding carboxylic acids is 3. The van der Waals surface area contributed by atoms with Gasteiger partial charge < -0.3 is 19.7 Å². The van der Waals surface area contributed by atoms with Crippen LogP contribution in [0.2, 0.25) is 0 Å². The van der Waals surface area contributed by atoms with Gasteiger partial charge in [0.25, 0.3) is 0 Å². The smallest absolute Gasteiger partial charge is 0.337 e. The number of methoxy groups -OCH3 is 1. The molecule has 0 radical (unpaired) electrons. The Bertz CT molecular complexity index is 923. The Kier molecular flexibility index (Phi) is 6.16. The van der Waals surface area contributed by atoms with E-state index in [0.717, 1.165) is 17.0 Å². The molecule has 152 valence electrons. The monoisotopic (exact) mass is 396 g/mol. The summed E-state index contributed by atoms with van der Waals surface area (Å²) in [4.78, 5) is 38.5. The second-order valence-corrected chi connectivity index (χ2v) is 6.84. The lowest BCUT2D eigenvalue weighted by Crippen LogP contribution is -2.28. The van der Waals surface area contributed by atoms with E-state index in [4.69, 9.17) is 9.47 Å². The number of anilines is 2. The Balaban J connectivity index is 1.70. The van der Waals surface area contributed by atoms with Crippen molar-refractivity contribution < 1.29 is 23.9 Å². The van der Waals surface area contributed by atoms with Crippen molar-refractivity contribution in [3.63, 3.8) is 0 Å². The van der Waals surface area contributed by atoms with Crippen LogP contribution in [0.5, 0.6) is 5.75 Å². The largest absolute Gasteiger partial charge is 0.494 e. The molecule has 2 aromatic carbocycles. The van der Waals surface area contributed by atoms with E-state index >= 15 is 0 Å². The van der Waals surface area contributed by atoms with Crippen molar-refractivity contribution >= 4 is 29.2 Å². The predicted molar refractivity (Wildman–Crippen MR) is 109 cm³/mol. The first kappa shape index (κ1) is 20.4. The van der Waals surface area contributed by atoms with Crippen LogP contribution in [-0.2, 0) is 14.3 Å². The van der Waals surface area contributed by atoms with Crippen molar-refractivity contribution in [1.82, 2.24) is 0 Å². The van der Waals surface area contributed by atoms with Crippen molar-refractivity contribution in [2.24, 2.45) is 5.92 Å². The maximum Gasteiger partial charge on any atom is 0.337 e. The summed E-state index contributed by atoms with van der Waals surface area (Å²) in [6.45, 7) is 4.61. The van der Waals surface area contributed by atoms with E-state index in [1.54, 1.807) is 35.2 Å². The third-order valence-electron chi connectivity index (χ3n) is 4.87. The zero-order valence-corrected chi connectivity index (χ0v) is 16.7. The van der Waals surface area contributed by atoms with Crippen LogP contribution >= 0.6 is 0 Å². The molecule has 0 aromatic heterocycles. The summed E-state index contributed by atoms with van der Waals surface area (Å²) in [6.07, 6.45) is 0.134. The minimum absolute atomic E-state index is 0.102. The lowest BCUT2D eigenvalue weighted by Gasteiger charge is -2.17. The number of benzene rings is 2. The highest BCUT2D eigenvalue weighted by atomic mass is 16.5. The molecule has 1 aliphatic rings. The topological polar surface area (TPSA) is 84.9 Å². The molecule has 1 aliphatic heterocycles. The summed E-state index contributed by atoms with van der Waals surface area (Å²) < 4.78 is 10.1. The summed E-state index contributed by atoms with van der Waals surface area (Å²) in [6, 6.07) is 12.2. The van der Waals surface area contributed by atoms with E-state index in [1.165, 1.54) is 7.11 Å². The molecule has 1 fully saturated rings. The van der Waals surface area contributed by atoms with Crippen molar-refractivity contribution in [2.75, 3.05) is 30.5 Å². The Hall–Kier alpha value is -3.35. The van der Waals surface area contributed by atoms with Crippen molar-refractivity contribution in [2.45, 2.75) is 20.3 Å². The Labute approximate surface area is 169 Å². The van der Waals surface area contributed by atoms with Gasteiger partial charge in [0, 0.05) is 24.3 Å². The van der Waals surface area contributed by atoms with E-state index in [1.807, 2.05) is 26.0 Å². The van der Waals surface area contributed by atoms with Crippen LogP contribution in [0.15, 0.2) is 42.5 Å². The van der Waals surface area contributed by atoms with Gasteiger partial charge >= 0.3 is 5.97 Å². The molecule has 1 heterocycles. The van der Waals surface area contributed by atoms with Crippen LogP contribution in [-0.4, -0.2) is 38.0 Å². The first-order valence-corrected chi connectivity index (χ1v) is 9.46. The fraction of sp³-hybridized carbons (Fsp3) is 0.318. The number of hydrogen-bond donors (Lipinski definition) is 1. The lowest BCUT2D eigenvalue weighted by molar-refractivity contribution is -0.122. The quantitative estimate of drug-likeness (QED) is 0.758. The third kappa shape index (κ3) is 4.56. The number of aryl methyl sites for hydroxylation is 1. The molecule has 7 heteroatoms. The maximum absolute atomic E-state index is 12.8. The minimum atomic E-state index is -0.477. The van der Waals surface area contributed by atoms with Crippen LogP contribution in [0.3, 0.4) is 0 Å². The molecular weight excluding hydrogens is 372 g/mol. The highest BCUT2D eigenvalue weighted by Crippen LogP contribution is 2.28. The normalized spacial score (nSPS) is 15.9. The molecule has 2 aromatic rings. The molecule has 0 saturated carbocycles. The molecule has 0 unspecified atom stereocenters. The van der Waals surface area contributed by atoms with Gasteiger partial charge in [-0.05, 0) is 55.8 Å². The number of rotatable bonds is 6. The molecule has 0 aliphatic carbocycles. The molecule has 1 saturated heterocycles.